The van der Waals surface area contributed by atoms with Gasteiger partial charge in [-0.05, 0) is 49.1 Å². The van der Waals surface area contributed by atoms with Gasteiger partial charge in [0.05, 0.1) is 22.9 Å². The first kappa shape index (κ1) is 20.8. The summed E-state index contributed by atoms with van der Waals surface area (Å²) >= 11 is 0. The maximum absolute atomic E-state index is 13.0. The van der Waals surface area contributed by atoms with Crippen LogP contribution in [0.2, 0.25) is 0 Å². The maximum atomic E-state index is 13.0. The van der Waals surface area contributed by atoms with E-state index in [1.165, 1.54) is 27.6 Å². The highest BCUT2D eigenvalue weighted by molar-refractivity contribution is 7.92. The van der Waals surface area contributed by atoms with Crippen LogP contribution in [-0.4, -0.2) is 44.0 Å². The average molecular weight is 417 g/mol. The Morgan fingerprint density at radius 2 is 1.97 bits per heavy atom. The van der Waals surface area contributed by atoms with Crippen molar-refractivity contribution in [3.8, 4) is 0 Å². The number of benzene rings is 2. The summed E-state index contributed by atoms with van der Waals surface area (Å²) in [6.45, 7) is 2.24. The van der Waals surface area contributed by atoms with Gasteiger partial charge in [-0.15, -0.1) is 0 Å². The number of hydrogen-bond acceptors (Lipinski definition) is 5. The molecule has 2 aromatic carbocycles. The summed E-state index contributed by atoms with van der Waals surface area (Å²) in [7, 11) is -1.72. The van der Waals surface area contributed by atoms with Crippen molar-refractivity contribution in [3.05, 3.63) is 69.3 Å². The number of amides is 1. The molecule has 0 N–H and O–H groups in total. The summed E-state index contributed by atoms with van der Waals surface area (Å²) in [5, 5.41) is 11.0. The minimum Gasteiger partial charge on any atom is -0.335 e. The van der Waals surface area contributed by atoms with E-state index in [4.69, 9.17) is 0 Å². The van der Waals surface area contributed by atoms with Crippen molar-refractivity contribution >= 4 is 27.3 Å². The molecule has 29 heavy (non-hydrogen) atoms. The summed E-state index contributed by atoms with van der Waals surface area (Å²) in [5.41, 5.74) is 2.54. The lowest BCUT2D eigenvalue weighted by Gasteiger charge is -2.30. The van der Waals surface area contributed by atoms with Crippen molar-refractivity contribution < 1.29 is 18.1 Å². The predicted molar refractivity (Wildman–Crippen MR) is 111 cm³/mol. The first-order valence-electron chi connectivity index (χ1n) is 9.21. The molecule has 1 atom stereocenters. The summed E-state index contributed by atoms with van der Waals surface area (Å²) in [6, 6.07) is 10.9. The number of anilines is 1. The Balaban J connectivity index is 1.87. The number of carbonyl (C=O) groups is 1. The molecular formula is C20H23N3O5S. The van der Waals surface area contributed by atoms with Crippen LogP contribution in [0.4, 0.5) is 11.4 Å². The third-order valence-corrected chi connectivity index (χ3v) is 6.45. The topological polar surface area (TPSA) is 101 Å². The first-order chi connectivity index (χ1) is 13.6. The highest BCUT2D eigenvalue weighted by atomic mass is 32.2. The Bertz CT molecular complexity index is 1070. The molecule has 8 nitrogen and oxygen atoms in total. The van der Waals surface area contributed by atoms with Crippen LogP contribution >= 0.6 is 0 Å². The van der Waals surface area contributed by atoms with Crippen LogP contribution in [0.3, 0.4) is 0 Å². The van der Waals surface area contributed by atoms with E-state index < -0.39 is 14.9 Å². The Morgan fingerprint density at radius 1 is 1.24 bits per heavy atom. The van der Waals surface area contributed by atoms with Crippen LogP contribution in [0.15, 0.2) is 42.5 Å². The van der Waals surface area contributed by atoms with Crippen LogP contribution in [0.5, 0.6) is 0 Å². The molecule has 154 valence electrons. The van der Waals surface area contributed by atoms with Gasteiger partial charge >= 0.3 is 0 Å². The Kier molecular flexibility index (Phi) is 5.61. The molecule has 1 aliphatic rings. The molecule has 0 aliphatic carbocycles. The van der Waals surface area contributed by atoms with Crippen LogP contribution in [0, 0.1) is 10.1 Å². The average Bonchev–Trinajstić information content (AvgIpc) is 2.70. The molecule has 0 radical (unpaired) electrons. The standard InChI is InChI=1S/C20H23N3O5S/c1-14(15-6-4-8-18(13-15)23(25)26)21(2)20(24)17-9-10-19-16(12-17)7-5-11-22(19)29(3,27)28/h4,6,8-10,12-14H,5,7,11H2,1-3H3/t14-/m0/s1. The second-order valence-corrected chi connectivity index (χ2v) is 9.13. The Hall–Kier alpha value is -2.94. The lowest BCUT2D eigenvalue weighted by atomic mass is 9.99. The molecule has 1 aliphatic heterocycles. The van der Waals surface area contributed by atoms with Gasteiger partial charge in [-0.25, -0.2) is 8.42 Å². The van der Waals surface area contributed by atoms with Gasteiger partial charge in [-0.1, -0.05) is 12.1 Å². The Morgan fingerprint density at radius 3 is 2.62 bits per heavy atom. The van der Waals surface area contributed by atoms with Gasteiger partial charge in [0.1, 0.15) is 0 Å². The largest absolute Gasteiger partial charge is 0.335 e. The quantitative estimate of drug-likeness (QED) is 0.549. The second kappa shape index (κ2) is 7.82. The van der Waals surface area contributed by atoms with Crippen LogP contribution in [0.25, 0.3) is 0 Å². The van der Waals surface area contributed by atoms with Gasteiger partial charge in [0, 0.05) is 31.3 Å². The summed E-state index contributed by atoms with van der Waals surface area (Å²) in [6.07, 6.45) is 2.57. The number of sulfonamides is 1. The summed E-state index contributed by atoms with van der Waals surface area (Å²) < 4.78 is 25.4. The van der Waals surface area contributed by atoms with Gasteiger partial charge in [-0.3, -0.25) is 19.2 Å². The van der Waals surface area contributed by atoms with E-state index in [9.17, 15) is 23.3 Å². The Labute approximate surface area is 169 Å². The third kappa shape index (κ3) is 4.24. The number of rotatable bonds is 5. The zero-order valence-electron chi connectivity index (χ0n) is 16.5. The maximum Gasteiger partial charge on any atom is 0.269 e. The number of nitrogens with zero attached hydrogens (tertiary/aromatic N) is 3. The van der Waals surface area contributed by atoms with Gasteiger partial charge in [0.15, 0.2) is 0 Å². The third-order valence-electron chi connectivity index (χ3n) is 5.27. The van der Waals surface area contributed by atoms with E-state index in [1.54, 1.807) is 44.3 Å². The van der Waals surface area contributed by atoms with Crippen molar-refractivity contribution in [2.45, 2.75) is 25.8 Å². The van der Waals surface area contributed by atoms with Crippen LogP contribution < -0.4 is 4.31 Å². The number of non-ortho nitro benzene ring substituents is 1. The molecule has 3 rings (SSSR count). The predicted octanol–water partition coefficient (Wildman–Crippen LogP) is 3.14. The molecule has 0 unspecified atom stereocenters. The number of carbonyl (C=O) groups excluding carboxylic acids is 1. The number of hydrogen-bond donors (Lipinski definition) is 0. The fraction of sp³-hybridized carbons (Fsp3) is 0.350. The smallest absolute Gasteiger partial charge is 0.269 e. The van der Waals surface area contributed by atoms with E-state index in [-0.39, 0.29) is 17.6 Å². The molecule has 0 saturated carbocycles. The number of nitro groups is 1. The summed E-state index contributed by atoms with van der Waals surface area (Å²) in [4.78, 5) is 25.1. The minimum absolute atomic E-state index is 0.0233. The van der Waals surface area contributed by atoms with E-state index in [2.05, 4.69) is 0 Å². The zero-order chi connectivity index (χ0) is 21.3. The molecular weight excluding hydrogens is 394 g/mol. The van der Waals surface area contributed by atoms with Gasteiger partial charge in [0.2, 0.25) is 10.0 Å². The first-order valence-corrected chi connectivity index (χ1v) is 11.1. The molecule has 0 saturated heterocycles. The molecule has 0 aromatic heterocycles. The molecule has 0 fully saturated rings. The lowest BCUT2D eigenvalue weighted by molar-refractivity contribution is -0.384. The van der Waals surface area contributed by atoms with Gasteiger partial charge in [-0.2, -0.15) is 0 Å². The molecule has 9 heteroatoms. The molecule has 0 spiro atoms. The summed E-state index contributed by atoms with van der Waals surface area (Å²) in [5.74, 6) is -0.233. The fourth-order valence-electron chi connectivity index (χ4n) is 3.54. The minimum atomic E-state index is -3.37. The highest BCUT2D eigenvalue weighted by Crippen LogP contribution is 2.31. The number of fused-ring (bicyclic) bond motifs is 1. The SMILES string of the molecule is C[C@@H](c1cccc([N+](=O)[O-])c1)N(C)C(=O)c1ccc2c(c1)CCCN2S(C)(=O)=O. The van der Waals surface area contributed by atoms with Gasteiger partial charge in [0.25, 0.3) is 11.6 Å². The fourth-order valence-corrected chi connectivity index (χ4v) is 4.54. The van der Waals surface area contributed by atoms with Crippen molar-refractivity contribution in [2.24, 2.45) is 0 Å². The molecule has 2 aromatic rings. The van der Waals surface area contributed by atoms with Gasteiger partial charge < -0.3 is 4.90 Å². The zero-order valence-corrected chi connectivity index (χ0v) is 17.3. The molecule has 1 amide bonds. The number of aryl methyl sites for hydroxylation is 1. The van der Waals surface area contributed by atoms with Crippen molar-refractivity contribution in [2.75, 3.05) is 24.2 Å². The van der Waals surface area contributed by atoms with E-state index in [1.807, 2.05) is 0 Å². The highest BCUT2D eigenvalue weighted by Gasteiger charge is 2.26. The van der Waals surface area contributed by atoms with Crippen molar-refractivity contribution in [1.29, 1.82) is 0 Å². The molecule has 0 bridgehead atoms. The number of nitro benzene ring substituents is 1. The van der Waals surface area contributed by atoms with Crippen molar-refractivity contribution in [3.63, 3.8) is 0 Å². The monoisotopic (exact) mass is 417 g/mol. The van der Waals surface area contributed by atoms with Crippen LogP contribution in [-0.2, 0) is 16.4 Å². The van der Waals surface area contributed by atoms with Crippen LogP contribution in [0.1, 0.15) is 40.9 Å². The van der Waals surface area contributed by atoms with E-state index in [0.29, 0.717) is 36.2 Å². The molecule has 1 heterocycles. The normalized spacial score (nSPS) is 14.8. The van der Waals surface area contributed by atoms with E-state index in [0.717, 1.165) is 5.56 Å². The van der Waals surface area contributed by atoms with E-state index >= 15 is 0 Å². The lowest BCUT2D eigenvalue weighted by Crippen LogP contribution is -2.35. The van der Waals surface area contributed by atoms with Crippen molar-refractivity contribution in [1.82, 2.24) is 4.90 Å². The second-order valence-electron chi connectivity index (χ2n) is 7.23.